The van der Waals surface area contributed by atoms with Crippen LogP contribution >= 0.6 is 0 Å². The molecular formula is C16H17NO3. The highest BCUT2D eigenvalue weighted by Gasteiger charge is 2.04. The van der Waals surface area contributed by atoms with Gasteiger partial charge in [0.2, 0.25) is 0 Å². The molecule has 0 aliphatic heterocycles. The summed E-state index contributed by atoms with van der Waals surface area (Å²) in [6.07, 6.45) is 0.923. The summed E-state index contributed by atoms with van der Waals surface area (Å²) in [6, 6.07) is 14.0. The standard InChI is InChI=1S/C16H17NO3/c1-2-12-5-3-8-15(9-12)20-11-16(19)17-13-6-4-7-14(18)10-13/h3-10,18H,2,11H2,1H3,(H,17,19). The van der Waals surface area contributed by atoms with Gasteiger partial charge in [-0.1, -0.05) is 25.1 Å². The van der Waals surface area contributed by atoms with Crippen LogP contribution in [0.2, 0.25) is 0 Å². The largest absolute Gasteiger partial charge is 0.508 e. The molecule has 0 saturated heterocycles. The van der Waals surface area contributed by atoms with Crippen molar-refractivity contribution in [3.63, 3.8) is 0 Å². The van der Waals surface area contributed by atoms with Gasteiger partial charge in [0.1, 0.15) is 11.5 Å². The number of phenols is 1. The van der Waals surface area contributed by atoms with Crippen LogP contribution in [-0.2, 0) is 11.2 Å². The third-order valence-electron chi connectivity index (χ3n) is 2.81. The fraction of sp³-hybridized carbons (Fsp3) is 0.188. The Kier molecular flexibility index (Phi) is 4.60. The lowest BCUT2D eigenvalue weighted by atomic mass is 10.2. The third kappa shape index (κ3) is 4.02. The molecule has 1 amide bonds. The van der Waals surface area contributed by atoms with Crippen molar-refractivity contribution in [2.24, 2.45) is 0 Å². The predicted octanol–water partition coefficient (Wildman–Crippen LogP) is 2.97. The zero-order valence-corrected chi connectivity index (χ0v) is 11.3. The molecule has 2 rings (SSSR count). The van der Waals surface area contributed by atoms with Crippen LogP contribution in [0.3, 0.4) is 0 Å². The van der Waals surface area contributed by atoms with E-state index in [1.54, 1.807) is 18.2 Å². The fourth-order valence-electron chi connectivity index (χ4n) is 1.78. The Hall–Kier alpha value is -2.49. The monoisotopic (exact) mass is 271 g/mol. The number of aryl methyl sites for hydroxylation is 1. The summed E-state index contributed by atoms with van der Waals surface area (Å²) >= 11 is 0. The Morgan fingerprint density at radius 3 is 2.75 bits per heavy atom. The number of benzene rings is 2. The predicted molar refractivity (Wildman–Crippen MR) is 78.1 cm³/mol. The lowest BCUT2D eigenvalue weighted by Crippen LogP contribution is -2.20. The molecule has 0 aromatic heterocycles. The van der Waals surface area contributed by atoms with Crippen molar-refractivity contribution in [2.75, 3.05) is 11.9 Å². The van der Waals surface area contributed by atoms with E-state index in [1.165, 1.54) is 6.07 Å². The van der Waals surface area contributed by atoms with Gasteiger partial charge in [-0.25, -0.2) is 0 Å². The topological polar surface area (TPSA) is 58.6 Å². The number of aromatic hydroxyl groups is 1. The second kappa shape index (κ2) is 6.61. The maximum atomic E-state index is 11.7. The summed E-state index contributed by atoms with van der Waals surface area (Å²) in [5.74, 6) is 0.521. The Morgan fingerprint density at radius 2 is 2.00 bits per heavy atom. The highest BCUT2D eigenvalue weighted by Crippen LogP contribution is 2.16. The molecule has 0 aliphatic carbocycles. The number of amides is 1. The van der Waals surface area contributed by atoms with E-state index in [4.69, 9.17) is 4.74 Å². The number of carbonyl (C=O) groups is 1. The van der Waals surface area contributed by atoms with Gasteiger partial charge in [0.15, 0.2) is 6.61 Å². The van der Waals surface area contributed by atoms with Crippen molar-refractivity contribution in [1.82, 2.24) is 0 Å². The van der Waals surface area contributed by atoms with E-state index in [0.717, 1.165) is 12.0 Å². The van der Waals surface area contributed by atoms with Crippen molar-refractivity contribution < 1.29 is 14.6 Å². The lowest BCUT2D eigenvalue weighted by molar-refractivity contribution is -0.118. The number of ether oxygens (including phenoxy) is 1. The summed E-state index contributed by atoms with van der Waals surface area (Å²) in [5, 5.41) is 12.0. The smallest absolute Gasteiger partial charge is 0.262 e. The fourth-order valence-corrected chi connectivity index (χ4v) is 1.78. The SMILES string of the molecule is CCc1cccc(OCC(=O)Nc2cccc(O)c2)c1. The van der Waals surface area contributed by atoms with Crippen LogP contribution in [-0.4, -0.2) is 17.6 Å². The lowest BCUT2D eigenvalue weighted by Gasteiger charge is -2.08. The summed E-state index contributed by atoms with van der Waals surface area (Å²) in [4.78, 5) is 11.7. The number of hydrogen-bond donors (Lipinski definition) is 2. The molecule has 2 N–H and O–H groups in total. The quantitative estimate of drug-likeness (QED) is 0.879. The van der Waals surface area contributed by atoms with Gasteiger partial charge < -0.3 is 15.2 Å². The van der Waals surface area contributed by atoms with E-state index >= 15 is 0 Å². The summed E-state index contributed by atoms with van der Waals surface area (Å²) in [5.41, 5.74) is 1.71. The summed E-state index contributed by atoms with van der Waals surface area (Å²) in [6.45, 7) is 2.00. The molecule has 0 radical (unpaired) electrons. The molecule has 2 aromatic carbocycles. The Balaban J connectivity index is 1.88. The first-order chi connectivity index (χ1) is 9.67. The van der Waals surface area contributed by atoms with Gasteiger partial charge in [0, 0.05) is 11.8 Å². The molecule has 0 unspecified atom stereocenters. The van der Waals surface area contributed by atoms with E-state index in [1.807, 2.05) is 24.3 Å². The maximum Gasteiger partial charge on any atom is 0.262 e. The van der Waals surface area contributed by atoms with E-state index in [-0.39, 0.29) is 18.3 Å². The van der Waals surface area contributed by atoms with Crippen molar-refractivity contribution in [1.29, 1.82) is 0 Å². The minimum atomic E-state index is -0.266. The van der Waals surface area contributed by atoms with Crippen molar-refractivity contribution in [3.05, 3.63) is 54.1 Å². The highest BCUT2D eigenvalue weighted by atomic mass is 16.5. The van der Waals surface area contributed by atoms with Crippen LogP contribution in [0, 0.1) is 0 Å². The van der Waals surface area contributed by atoms with E-state index < -0.39 is 0 Å². The van der Waals surface area contributed by atoms with Crippen molar-refractivity contribution in [2.45, 2.75) is 13.3 Å². The molecule has 4 nitrogen and oxygen atoms in total. The first-order valence-electron chi connectivity index (χ1n) is 6.48. The molecular weight excluding hydrogens is 254 g/mol. The van der Waals surface area contributed by atoms with Crippen LogP contribution in [0.1, 0.15) is 12.5 Å². The average Bonchev–Trinajstić information content (AvgIpc) is 2.45. The van der Waals surface area contributed by atoms with Crippen LogP contribution in [0.15, 0.2) is 48.5 Å². The number of carbonyl (C=O) groups excluding carboxylic acids is 1. The zero-order chi connectivity index (χ0) is 14.4. The Labute approximate surface area is 118 Å². The third-order valence-corrected chi connectivity index (χ3v) is 2.81. The average molecular weight is 271 g/mol. The number of phenolic OH excluding ortho intramolecular Hbond substituents is 1. The van der Waals surface area contributed by atoms with Gasteiger partial charge in [-0.3, -0.25) is 4.79 Å². The minimum absolute atomic E-state index is 0.0666. The Morgan fingerprint density at radius 1 is 1.20 bits per heavy atom. The number of rotatable bonds is 5. The van der Waals surface area contributed by atoms with Crippen LogP contribution in [0.4, 0.5) is 5.69 Å². The second-order valence-corrected chi connectivity index (χ2v) is 4.39. The van der Waals surface area contributed by atoms with Gasteiger partial charge >= 0.3 is 0 Å². The second-order valence-electron chi connectivity index (χ2n) is 4.39. The molecule has 0 spiro atoms. The molecule has 0 atom stereocenters. The molecule has 20 heavy (non-hydrogen) atoms. The first-order valence-corrected chi connectivity index (χ1v) is 6.48. The number of anilines is 1. The van der Waals surface area contributed by atoms with Gasteiger partial charge in [-0.15, -0.1) is 0 Å². The molecule has 4 heteroatoms. The number of hydrogen-bond acceptors (Lipinski definition) is 3. The molecule has 0 bridgehead atoms. The summed E-state index contributed by atoms with van der Waals surface area (Å²) in [7, 11) is 0. The van der Waals surface area contributed by atoms with Gasteiger partial charge in [-0.05, 0) is 36.2 Å². The molecule has 2 aromatic rings. The normalized spacial score (nSPS) is 10.1. The van der Waals surface area contributed by atoms with E-state index in [0.29, 0.717) is 11.4 Å². The molecule has 0 fully saturated rings. The van der Waals surface area contributed by atoms with E-state index in [9.17, 15) is 9.90 Å². The molecule has 104 valence electrons. The van der Waals surface area contributed by atoms with Gasteiger partial charge in [0.25, 0.3) is 5.91 Å². The zero-order valence-electron chi connectivity index (χ0n) is 11.3. The van der Waals surface area contributed by atoms with Crippen LogP contribution < -0.4 is 10.1 Å². The maximum absolute atomic E-state index is 11.7. The molecule has 0 saturated carbocycles. The molecule has 0 aliphatic rings. The van der Waals surface area contributed by atoms with Crippen LogP contribution in [0.25, 0.3) is 0 Å². The molecule has 0 heterocycles. The first kappa shape index (κ1) is 13.9. The minimum Gasteiger partial charge on any atom is -0.508 e. The van der Waals surface area contributed by atoms with Gasteiger partial charge in [0.05, 0.1) is 0 Å². The Bertz CT molecular complexity index is 596. The number of nitrogens with one attached hydrogen (secondary N) is 1. The van der Waals surface area contributed by atoms with Crippen LogP contribution in [0.5, 0.6) is 11.5 Å². The van der Waals surface area contributed by atoms with Gasteiger partial charge in [-0.2, -0.15) is 0 Å². The van der Waals surface area contributed by atoms with E-state index in [2.05, 4.69) is 12.2 Å². The van der Waals surface area contributed by atoms with Crippen molar-refractivity contribution >= 4 is 11.6 Å². The highest BCUT2D eigenvalue weighted by molar-refractivity contribution is 5.92. The summed E-state index contributed by atoms with van der Waals surface area (Å²) < 4.78 is 5.44. The van der Waals surface area contributed by atoms with Crippen molar-refractivity contribution in [3.8, 4) is 11.5 Å².